The minimum absolute atomic E-state index is 0.285. The Morgan fingerprint density at radius 2 is 1.93 bits per heavy atom. The zero-order chi connectivity index (χ0) is 20.2. The number of benzene rings is 1. The second-order valence-electron chi connectivity index (χ2n) is 6.57. The van der Waals surface area contributed by atoms with E-state index in [9.17, 15) is 9.59 Å². The number of carbonyl (C=O) groups excluding carboxylic acids is 2. The van der Waals surface area contributed by atoms with Gasteiger partial charge in [-0.3, -0.25) is 4.79 Å². The molecule has 7 nitrogen and oxygen atoms in total. The van der Waals surface area contributed by atoms with Crippen LogP contribution < -0.4 is 9.47 Å². The molecule has 1 amide bonds. The van der Waals surface area contributed by atoms with Crippen LogP contribution >= 0.6 is 11.3 Å². The van der Waals surface area contributed by atoms with Crippen LogP contribution in [-0.4, -0.2) is 54.3 Å². The molecule has 0 spiro atoms. The lowest BCUT2D eigenvalue weighted by molar-refractivity contribution is -0.134. The molecule has 1 aromatic carbocycles. The minimum Gasteiger partial charge on any atom is -0.486 e. The molecule has 1 aliphatic heterocycles. The van der Waals surface area contributed by atoms with Crippen LogP contribution in [-0.2, 0) is 9.53 Å². The number of rotatable bonds is 6. The zero-order valence-corrected chi connectivity index (χ0v) is 16.6. The number of amides is 1. The first kappa shape index (κ1) is 19.1. The maximum atomic E-state index is 12.4. The van der Waals surface area contributed by atoms with Crippen molar-refractivity contribution < 1.29 is 23.8 Å². The van der Waals surface area contributed by atoms with Crippen molar-refractivity contribution in [2.45, 2.75) is 6.10 Å². The lowest BCUT2D eigenvalue weighted by Crippen LogP contribution is -2.43. The van der Waals surface area contributed by atoms with Crippen LogP contribution in [0.2, 0.25) is 0 Å². The number of hydrogen-bond donors (Lipinski definition) is 0. The number of hydrogen-bond acceptors (Lipinski definition) is 6. The Bertz CT molecular complexity index is 998. The van der Waals surface area contributed by atoms with E-state index < -0.39 is 5.97 Å². The van der Waals surface area contributed by atoms with Crippen LogP contribution in [0.4, 0.5) is 0 Å². The number of esters is 1. The number of para-hydroxylation sites is 2. The number of nitrogens with zero attached hydrogens (tertiary/aromatic N) is 2. The first-order valence-electron chi connectivity index (χ1n) is 9.12. The summed E-state index contributed by atoms with van der Waals surface area (Å²) in [4.78, 5) is 26.8. The Balaban J connectivity index is 1.30. The minimum atomic E-state index is -0.517. The van der Waals surface area contributed by atoms with Gasteiger partial charge in [0, 0.05) is 19.4 Å². The smallest absolute Gasteiger partial charge is 0.350 e. The Hall–Kier alpha value is -3.26. The van der Waals surface area contributed by atoms with Gasteiger partial charge in [0.05, 0.1) is 12.2 Å². The van der Waals surface area contributed by atoms with Crippen LogP contribution in [0, 0.1) is 0 Å². The van der Waals surface area contributed by atoms with E-state index in [0.717, 1.165) is 5.69 Å². The monoisotopic (exact) mass is 412 g/mol. The average molecular weight is 412 g/mol. The molecule has 0 N–H and O–H groups in total. The Morgan fingerprint density at radius 3 is 2.72 bits per heavy atom. The molecule has 0 bridgehead atoms. The van der Waals surface area contributed by atoms with Gasteiger partial charge in [0.15, 0.2) is 24.2 Å². The summed E-state index contributed by atoms with van der Waals surface area (Å²) in [6, 6.07) is 13.0. The van der Waals surface area contributed by atoms with Crippen LogP contribution in [0.3, 0.4) is 0 Å². The van der Waals surface area contributed by atoms with Crippen LogP contribution in [0.5, 0.6) is 11.5 Å². The van der Waals surface area contributed by atoms with Crippen molar-refractivity contribution in [3.63, 3.8) is 0 Å². The topological polar surface area (TPSA) is 70.0 Å². The van der Waals surface area contributed by atoms with Gasteiger partial charge in [-0.15, -0.1) is 11.3 Å². The number of thiophene rings is 1. The first-order chi connectivity index (χ1) is 14.1. The van der Waals surface area contributed by atoms with Crippen molar-refractivity contribution >= 4 is 23.2 Å². The Labute approximate surface area is 172 Å². The molecule has 3 aromatic rings. The van der Waals surface area contributed by atoms with Crippen LogP contribution in [0.25, 0.3) is 5.69 Å². The van der Waals surface area contributed by atoms with Gasteiger partial charge in [-0.1, -0.05) is 12.1 Å². The molecule has 0 fully saturated rings. The number of aromatic nitrogens is 1. The molecule has 3 heterocycles. The maximum absolute atomic E-state index is 12.4. The summed E-state index contributed by atoms with van der Waals surface area (Å²) in [5.74, 6) is 0.531. The van der Waals surface area contributed by atoms with E-state index in [1.807, 2.05) is 64.8 Å². The summed E-state index contributed by atoms with van der Waals surface area (Å²) in [5.41, 5.74) is 0.734. The van der Waals surface area contributed by atoms with Gasteiger partial charge in [-0.2, -0.15) is 0 Å². The number of fused-ring (bicyclic) bond motifs is 1. The molecular weight excluding hydrogens is 392 g/mol. The molecule has 29 heavy (non-hydrogen) atoms. The van der Waals surface area contributed by atoms with E-state index in [0.29, 0.717) is 29.5 Å². The maximum Gasteiger partial charge on any atom is 0.350 e. The van der Waals surface area contributed by atoms with Crippen LogP contribution in [0.1, 0.15) is 9.67 Å². The zero-order valence-electron chi connectivity index (χ0n) is 15.8. The summed E-state index contributed by atoms with van der Waals surface area (Å²) < 4.78 is 18.6. The third-order valence-electron chi connectivity index (χ3n) is 4.51. The van der Waals surface area contributed by atoms with Gasteiger partial charge in [0.2, 0.25) is 0 Å². The van der Waals surface area contributed by atoms with Gasteiger partial charge < -0.3 is 23.7 Å². The van der Waals surface area contributed by atoms with Crippen molar-refractivity contribution in [2.24, 2.45) is 0 Å². The highest BCUT2D eigenvalue weighted by atomic mass is 32.1. The summed E-state index contributed by atoms with van der Waals surface area (Å²) in [6.45, 7) is 0.352. The molecule has 4 rings (SSSR count). The third kappa shape index (κ3) is 4.27. The first-order valence-corrected chi connectivity index (χ1v) is 10.00. The van der Waals surface area contributed by atoms with Crippen molar-refractivity contribution in [1.29, 1.82) is 0 Å². The Kier molecular flexibility index (Phi) is 5.53. The molecule has 2 aromatic heterocycles. The largest absolute Gasteiger partial charge is 0.486 e. The normalized spacial score (nSPS) is 15.0. The Morgan fingerprint density at radius 1 is 1.17 bits per heavy atom. The number of ether oxygens (including phenoxy) is 3. The second-order valence-corrected chi connectivity index (χ2v) is 7.49. The van der Waals surface area contributed by atoms with E-state index in [1.165, 1.54) is 16.2 Å². The van der Waals surface area contributed by atoms with Gasteiger partial charge in [0.1, 0.15) is 11.5 Å². The number of likely N-dealkylation sites (N-methyl/N-ethyl adjacent to an activating group) is 1. The number of carbonyl (C=O) groups is 2. The van der Waals surface area contributed by atoms with E-state index in [-0.39, 0.29) is 18.6 Å². The molecule has 0 saturated heterocycles. The van der Waals surface area contributed by atoms with Crippen molar-refractivity contribution in [3.8, 4) is 17.2 Å². The summed E-state index contributed by atoms with van der Waals surface area (Å²) in [5, 5.41) is 1.82. The van der Waals surface area contributed by atoms with Crippen molar-refractivity contribution in [1.82, 2.24) is 9.47 Å². The molecule has 8 heteroatoms. The summed E-state index contributed by atoms with van der Waals surface area (Å²) >= 11 is 1.28. The van der Waals surface area contributed by atoms with E-state index in [2.05, 4.69) is 0 Å². The fraction of sp³-hybridized carbons (Fsp3) is 0.238. The fourth-order valence-electron chi connectivity index (χ4n) is 3.02. The molecular formula is C21H20N2O5S. The summed E-state index contributed by atoms with van der Waals surface area (Å²) in [7, 11) is 1.65. The van der Waals surface area contributed by atoms with Crippen LogP contribution in [0.15, 0.2) is 60.2 Å². The lowest BCUT2D eigenvalue weighted by Gasteiger charge is -2.29. The average Bonchev–Trinajstić information content (AvgIpc) is 3.43. The van der Waals surface area contributed by atoms with Gasteiger partial charge in [-0.05, 0) is 35.7 Å². The van der Waals surface area contributed by atoms with E-state index in [4.69, 9.17) is 14.2 Å². The van der Waals surface area contributed by atoms with Gasteiger partial charge in [-0.25, -0.2) is 4.79 Å². The molecule has 1 atom stereocenters. The van der Waals surface area contributed by atoms with E-state index >= 15 is 0 Å². The fourth-order valence-corrected chi connectivity index (χ4v) is 3.80. The standard InChI is InChI=1S/C21H20N2O5S/c1-22(12-15-13-26-17-6-2-3-7-18(17)28-15)19(24)14-27-21(25)20-16(8-11-29-20)23-9-4-5-10-23/h2-11,15H,12-14H2,1H3/t15-/m1/s1. The van der Waals surface area contributed by atoms with Gasteiger partial charge >= 0.3 is 5.97 Å². The molecule has 150 valence electrons. The van der Waals surface area contributed by atoms with Crippen molar-refractivity contribution in [3.05, 3.63) is 65.1 Å². The highest BCUT2D eigenvalue weighted by Crippen LogP contribution is 2.31. The van der Waals surface area contributed by atoms with E-state index in [1.54, 1.807) is 7.05 Å². The highest BCUT2D eigenvalue weighted by molar-refractivity contribution is 7.12. The molecule has 0 aliphatic carbocycles. The molecule has 0 unspecified atom stereocenters. The predicted octanol–water partition coefficient (Wildman–Crippen LogP) is 2.99. The molecule has 1 aliphatic rings. The summed E-state index contributed by atoms with van der Waals surface area (Å²) in [6.07, 6.45) is 3.41. The second kappa shape index (κ2) is 8.40. The highest BCUT2D eigenvalue weighted by Gasteiger charge is 2.24. The van der Waals surface area contributed by atoms with Gasteiger partial charge in [0.25, 0.3) is 5.91 Å². The molecule has 0 radical (unpaired) electrons. The predicted molar refractivity (Wildman–Crippen MR) is 108 cm³/mol. The lowest BCUT2D eigenvalue weighted by atomic mass is 10.2. The molecule has 0 saturated carbocycles. The van der Waals surface area contributed by atoms with Crippen molar-refractivity contribution in [2.75, 3.05) is 26.8 Å². The third-order valence-corrected chi connectivity index (χ3v) is 5.39. The SMILES string of the molecule is CN(C[C@@H]1COc2ccccc2O1)C(=O)COC(=O)c1sccc1-n1cccc1. The quantitative estimate of drug-likeness (QED) is 0.582.